The number of hydrogen-bond donors (Lipinski definition) is 0. The smallest absolute Gasteiger partial charge is 0.433 e. The molecular formula is C18H16F3N3OS. The fourth-order valence-corrected chi connectivity index (χ4v) is 2.86. The van der Waals surface area contributed by atoms with E-state index in [1.54, 1.807) is 25.6 Å². The van der Waals surface area contributed by atoms with E-state index in [-0.39, 0.29) is 10.9 Å². The summed E-state index contributed by atoms with van der Waals surface area (Å²) in [7, 11) is 1.60. The van der Waals surface area contributed by atoms with Crippen molar-refractivity contribution in [1.82, 2.24) is 14.5 Å². The van der Waals surface area contributed by atoms with Crippen LogP contribution in [-0.2, 0) is 12.7 Å². The quantitative estimate of drug-likeness (QED) is 0.474. The highest BCUT2D eigenvalue weighted by Gasteiger charge is 2.33. The Morgan fingerprint density at radius 1 is 1.15 bits per heavy atom. The van der Waals surface area contributed by atoms with Crippen molar-refractivity contribution in [1.29, 1.82) is 0 Å². The molecule has 0 atom stereocenters. The van der Waals surface area contributed by atoms with Crippen LogP contribution in [0.3, 0.4) is 0 Å². The molecular weight excluding hydrogens is 363 g/mol. The number of hydrogen-bond acceptors (Lipinski definition) is 4. The maximum Gasteiger partial charge on any atom is 0.433 e. The van der Waals surface area contributed by atoms with Gasteiger partial charge in [-0.25, -0.2) is 9.97 Å². The van der Waals surface area contributed by atoms with Crippen LogP contribution >= 0.6 is 11.8 Å². The lowest BCUT2D eigenvalue weighted by atomic mass is 10.2. The molecule has 0 aliphatic rings. The third kappa shape index (κ3) is 4.19. The SMILES string of the molecule is COc1cccc(Cn2ccc(-c3cc(C(F)(F)F)nc(SC)n3)c2)c1. The van der Waals surface area contributed by atoms with Crippen LogP contribution in [0.4, 0.5) is 13.2 Å². The molecule has 0 aliphatic carbocycles. The Morgan fingerprint density at radius 3 is 2.65 bits per heavy atom. The monoisotopic (exact) mass is 379 g/mol. The molecule has 136 valence electrons. The van der Waals surface area contributed by atoms with Gasteiger partial charge in [0, 0.05) is 24.5 Å². The van der Waals surface area contributed by atoms with Crippen LogP contribution in [-0.4, -0.2) is 27.9 Å². The molecule has 4 nitrogen and oxygen atoms in total. The number of alkyl halides is 3. The van der Waals surface area contributed by atoms with Gasteiger partial charge in [-0.3, -0.25) is 0 Å². The molecule has 3 aromatic rings. The number of thioether (sulfide) groups is 1. The second kappa shape index (κ2) is 7.41. The van der Waals surface area contributed by atoms with Crippen molar-refractivity contribution in [3.05, 3.63) is 60.0 Å². The minimum atomic E-state index is -4.51. The zero-order valence-electron chi connectivity index (χ0n) is 14.1. The maximum absolute atomic E-state index is 13.0. The standard InChI is InChI=1S/C18H16F3N3OS/c1-25-14-5-3-4-12(8-14)10-24-7-6-13(11-24)15-9-16(18(19,20)21)23-17(22-15)26-2/h3-9,11H,10H2,1-2H3. The normalized spacial score (nSPS) is 11.6. The lowest BCUT2D eigenvalue weighted by Crippen LogP contribution is -2.09. The zero-order valence-corrected chi connectivity index (χ0v) is 14.9. The van der Waals surface area contributed by atoms with E-state index in [0.717, 1.165) is 29.1 Å². The van der Waals surface area contributed by atoms with E-state index in [1.807, 2.05) is 35.0 Å². The van der Waals surface area contributed by atoms with Crippen molar-refractivity contribution in [2.24, 2.45) is 0 Å². The predicted molar refractivity (Wildman–Crippen MR) is 94.3 cm³/mol. The molecule has 0 amide bonds. The van der Waals surface area contributed by atoms with Crippen molar-refractivity contribution in [2.75, 3.05) is 13.4 Å². The average molecular weight is 379 g/mol. The van der Waals surface area contributed by atoms with E-state index in [1.165, 1.54) is 0 Å². The van der Waals surface area contributed by atoms with Crippen molar-refractivity contribution in [3.63, 3.8) is 0 Å². The van der Waals surface area contributed by atoms with E-state index >= 15 is 0 Å². The number of nitrogens with zero attached hydrogens (tertiary/aromatic N) is 3. The van der Waals surface area contributed by atoms with E-state index in [0.29, 0.717) is 12.1 Å². The van der Waals surface area contributed by atoms with Crippen LogP contribution in [0.2, 0.25) is 0 Å². The van der Waals surface area contributed by atoms with E-state index < -0.39 is 11.9 Å². The van der Waals surface area contributed by atoms with Gasteiger partial charge in [0.25, 0.3) is 0 Å². The first-order chi connectivity index (χ1) is 12.4. The Balaban J connectivity index is 1.89. The van der Waals surface area contributed by atoms with Crippen LogP contribution < -0.4 is 4.74 Å². The minimum absolute atomic E-state index is 0.0929. The molecule has 0 radical (unpaired) electrons. The van der Waals surface area contributed by atoms with Crippen LogP contribution in [0.15, 0.2) is 53.9 Å². The molecule has 2 aromatic heterocycles. The average Bonchev–Trinajstić information content (AvgIpc) is 3.09. The van der Waals surface area contributed by atoms with Crippen molar-refractivity contribution < 1.29 is 17.9 Å². The molecule has 0 aliphatic heterocycles. The van der Waals surface area contributed by atoms with Crippen molar-refractivity contribution >= 4 is 11.8 Å². The van der Waals surface area contributed by atoms with Gasteiger partial charge in [-0.1, -0.05) is 23.9 Å². The van der Waals surface area contributed by atoms with Gasteiger partial charge in [-0.15, -0.1) is 0 Å². The summed E-state index contributed by atoms with van der Waals surface area (Å²) in [5.74, 6) is 0.755. The summed E-state index contributed by atoms with van der Waals surface area (Å²) < 4.78 is 46.2. The first kappa shape index (κ1) is 18.3. The highest BCUT2D eigenvalue weighted by molar-refractivity contribution is 7.98. The van der Waals surface area contributed by atoms with Gasteiger partial charge in [-0.2, -0.15) is 13.2 Å². The molecule has 0 saturated heterocycles. The summed E-state index contributed by atoms with van der Waals surface area (Å²) in [4.78, 5) is 7.75. The molecule has 1 aromatic carbocycles. The van der Waals surface area contributed by atoms with Gasteiger partial charge >= 0.3 is 6.18 Å². The maximum atomic E-state index is 13.0. The minimum Gasteiger partial charge on any atom is -0.497 e. The number of aromatic nitrogens is 3. The van der Waals surface area contributed by atoms with Crippen LogP contribution in [0, 0.1) is 0 Å². The van der Waals surface area contributed by atoms with Crippen LogP contribution in [0.1, 0.15) is 11.3 Å². The molecule has 3 rings (SSSR count). The van der Waals surface area contributed by atoms with E-state index in [9.17, 15) is 13.2 Å². The molecule has 0 unspecified atom stereocenters. The third-order valence-electron chi connectivity index (χ3n) is 3.72. The van der Waals surface area contributed by atoms with Crippen LogP contribution in [0.5, 0.6) is 5.75 Å². The largest absolute Gasteiger partial charge is 0.497 e. The Bertz CT molecular complexity index is 909. The second-order valence-corrected chi connectivity index (χ2v) is 6.32. The highest BCUT2D eigenvalue weighted by Crippen LogP contribution is 2.31. The Labute approximate surface area is 153 Å². The summed E-state index contributed by atoms with van der Waals surface area (Å²) in [6.07, 6.45) is 0.716. The van der Waals surface area contributed by atoms with E-state index in [4.69, 9.17) is 4.74 Å². The van der Waals surface area contributed by atoms with Crippen LogP contribution in [0.25, 0.3) is 11.3 Å². The van der Waals surface area contributed by atoms with E-state index in [2.05, 4.69) is 9.97 Å². The number of benzene rings is 1. The van der Waals surface area contributed by atoms with Crippen molar-refractivity contribution in [2.45, 2.75) is 17.9 Å². The van der Waals surface area contributed by atoms with Gasteiger partial charge < -0.3 is 9.30 Å². The summed E-state index contributed by atoms with van der Waals surface area (Å²) >= 11 is 1.08. The summed E-state index contributed by atoms with van der Waals surface area (Å²) in [6, 6.07) is 10.3. The van der Waals surface area contributed by atoms with Gasteiger partial charge in [-0.05, 0) is 36.1 Å². The van der Waals surface area contributed by atoms with Gasteiger partial charge in [0.15, 0.2) is 5.16 Å². The molecule has 0 fully saturated rings. The van der Waals surface area contributed by atoms with Gasteiger partial charge in [0.05, 0.1) is 12.8 Å². The molecule has 0 N–H and O–H groups in total. The molecule has 26 heavy (non-hydrogen) atoms. The third-order valence-corrected chi connectivity index (χ3v) is 4.27. The molecule has 0 spiro atoms. The summed E-state index contributed by atoms with van der Waals surface area (Å²) in [5.41, 5.74) is 0.944. The summed E-state index contributed by atoms with van der Waals surface area (Å²) in [5, 5.41) is 0.0929. The molecule has 0 bridgehead atoms. The van der Waals surface area contributed by atoms with Gasteiger partial charge in [0.2, 0.25) is 0 Å². The number of ether oxygens (including phenoxy) is 1. The fourth-order valence-electron chi connectivity index (χ4n) is 2.48. The topological polar surface area (TPSA) is 39.9 Å². The molecule has 0 saturated carbocycles. The van der Waals surface area contributed by atoms with Crippen molar-refractivity contribution in [3.8, 4) is 17.0 Å². The first-order valence-electron chi connectivity index (χ1n) is 7.68. The Hall–Kier alpha value is -2.48. The first-order valence-corrected chi connectivity index (χ1v) is 8.91. The highest BCUT2D eigenvalue weighted by atomic mass is 32.2. The van der Waals surface area contributed by atoms with Gasteiger partial charge in [0.1, 0.15) is 11.4 Å². The predicted octanol–water partition coefficient (Wildman–Crippen LogP) is 4.74. The zero-order chi connectivity index (χ0) is 18.7. The fraction of sp³-hybridized carbons (Fsp3) is 0.222. The summed E-state index contributed by atoms with van der Waals surface area (Å²) in [6.45, 7) is 0.573. The Morgan fingerprint density at radius 2 is 1.96 bits per heavy atom. The number of rotatable bonds is 5. The Kier molecular flexibility index (Phi) is 5.22. The molecule has 8 heteroatoms. The second-order valence-electron chi connectivity index (χ2n) is 5.55. The number of halogens is 3. The lowest BCUT2D eigenvalue weighted by Gasteiger charge is -2.09. The number of methoxy groups -OCH3 is 1. The lowest BCUT2D eigenvalue weighted by molar-refractivity contribution is -0.141. The molecule has 2 heterocycles.